The van der Waals surface area contributed by atoms with Gasteiger partial charge in [0.15, 0.2) is 6.61 Å². The minimum Gasteiger partial charge on any atom is -0.483 e. The van der Waals surface area contributed by atoms with E-state index in [1.54, 1.807) is 0 Å². The Kier molecular flexibility index (Phi) is 5.09. The third-order valence-corrected chi connectivity index (χ3v) is 4.89. The molecule has 2 aromatic rings. The van der Waals surface area contributed by atoms with Crippen LogP contribution in [-0.2, 0) is 4.79 Å². The van der Waals surface area contributed by atoms with Crippen LogP contribution in [0.25, 0.3) is 0 Å². The van der Waals surface area contributed by atoms with E-state index in [0.717, 1.165) is 16.9 Å². The molecule has 3 rings (SSSR count). The second kappa shape index (κ2) is 7.28. The summed E-state index contributed by atoms with van der Waals surface area (Å²) in [5.41, 5.74) is 10.8. The number of carbonyl (C=O) groups is 1. The largest absolute Gasteiger partial charge is 0.483 e. The minimum absolute atomic E-state index is 0.00624. The summed E-state index contributed by atoms with van der Waals surface area (Å²) in [4.78, 5) is 14.4. The number of ether oxygens (including phenoxy) is 1. The van der Waals surface area contributed by atoms with Crippen LogP contribution in [0.4, 0.5) is 0 Å². The molecule has 0 bridgehead atoms. The Bertz CT molecular complexity index is 735. The third kappa shape index (κ3) is 3.85. The van der Waals surface area contributed by atoms with Crippen LogP contribution in [0.2, 0.25) is 0 Å². The quantitative estimate of drug-likeness (QED) is 0.932. The number of nitrogens with two attached hydrogens (primary N) is 1. The van der Waals surface area contributed by atoms with Crippen LogP contribution in [0.1, 0.15) is 28.2 Å². The molecule has 25 heavy (non-hydrogen) atoms. The average molecular weight is 338 g/mol. The lowest BCUT2D eigenvalue weighted by molar-refractivity contribution is -0.132. The van der Waals surface area contributed by atoms with Crippen LogP contribution in [-0.4, -0.2) is 36.5 Å². The van der Waals surface area contributed by atoms with Gasteiger partial charge >= 0.3 is 0 Å². The predicted molar refractivity (Wildman–Crippen MR) is 99.9 cm³/mol. The number of carbonyl (C=O) groups excluding carboxylic acids is 1. The number of aryl methyl sites for hydroxylation is 3. The molecule has 0 saturated carbocycles. The van der Waals surface area contributed by atoms with E-state index in [4.69, 9.17) is 10.5 Å². The SMILES string of the molecule is Cc1cc(C)c(OCC(=O)N2C[C@@H](N)[C@H](c3ccccc3)C2)c(C)c1. The summed E-state index contributed by atoms with van der Waals surface area (Å²) >= 11 is 0. The van der Waals surface area contributed by atoms with Gasteiger partial charge in [0, 0.05) is 25.0 Å². The van der Waals surface area contributed by atoms with E-state index in [1.807, 2.05) is 36.9 Å². The van der Waals surface area contributed by atoms with Crippen LogP contribution >= 0.6 is 0 Å². The first kappa shape index (κ1) is 17.5. The van der Waals surface area contributed by atoms with Crippen molar-refractivity contribution < 1.29 is 9.53 Å². The lowest BCUT2D eigenvalue weighted by Crippen LogP contribution is -2.35. The summed E-state index contributed by atoms with van der Waals surface area (Å²) in [6.45, 7) is 7.37. The Morgan fingerprint density at radius 1 is 1.12 bits per heavy atom. The lowest BCUT2D eigenvalue weighted by Gasteiger charge is -2.18. The summed E-state index contributed by atoms with van der Waals surface area (Å²) in [5, 5.41) is 0. The molecule has 1 saturated heterocycles. The molecule has 2 N–H and O–H groups in total. The molecule has 1 aliphatic heterocycles. The first-order valence-electron chi connectivity index (χ1n) is 8.74. The molecule has 132 valence electrons. The highest BCUT2D eigenvalue weighted by molar-refractivity contribution is 5.78. The fraction of sp³-hybridized carbons (Fsp3) is 0.381. The monoisotopic (exact) mass is 338 g/mol. The highest BCUT2D eigenvalue weighted by atomic mass is 16.5. The summed E-state index contributed by atoms with van der Waals surface area (Å²) in [5.74, 6) is 0.989. The first-order valence-corrected chi connectivity index (χ1v) is 8.74. The normalized spacial score (nSPS) is 19.9. The summed E-state index contributed by atoms with van der Waals surface area (Å²) in [6, 6.07) is 14.3. The van der Waals surface area contributed by atoms with Gasteiger partial charge in [-0.3, -0.25) is 4.79 Å². The van der Waals surface area contributed by atoms with Gasteiger partial charge in [-0.25, -0.2) is 0 Å². The van der Waals surface area contributed by atoms with Crippen molar-refractivity contribution in [2.24, 2.45) is 5.73 Å². The highest BCUT2D eigenvalue weighted by Gasteiger charge is 2.33. The number of nitrogens with zero attached hydrogens (tertiary/aromatic N) is 1. The van der Waals surface area contributed by atoms with Gasteiger partial charge in [0.1, 0.15) is 5.75 Å². The standard InChI is InChI=1S/C21H26N2O2/c1-14-9-15(2)21(16(3)10-14)25-13-20(24)23-11-18(19(22)12-23)17-7-5-4-6-8-17/h4-10,18-19H,11-13,22H2,1-3H3/t18-,19+/m0/s1. The van der Waals surface area contributed by atoms with E-state index in [1.165, 1.54) is 11.1 Å². The zero-order chi connectivity index (χ0) is 18.0. The van der Waals surface area contributed by atoms with Crippen LogP contribution in [0.15, 0.2) is 42.5 Å². The molecule has 1 heterocycles. The van der Waals surface area contributed by atoms with Crippen molar-refractivity contribution in [1.82, 2.24) is 4.90 Å². The smallest absolute Gasteiger partial charge is 0.260 e. The highest BCUT2D eigenvalue weighted by Crippen LogP contribution is 2.27. The number of likely N-dealkylation sites (tertiary alicyclic amines) is 1. The van der Waals surface area contributed by atoms with E-state index in [2.05, 4.69) is 31.2 Å². The Hall–Kier alpha value is -2.33. The van der Waals surface area contributed by atoms with Crippen molar-refractivity contribution in [1.29, 1.82) is 0 Å². The maximum Gasteiger partial charge on any atom is 0.260 e. The molecule has 0 spiro atoms. The molecular formula is C21H26N2O2. The van der Waals surface area contributed by atoms with Gasteiger partial charge in [-0.1, -0.05) is 48.0 Å². The lowest BCUT2D eigenvalue weighted by atomic mass is 9.95. The average Bonchev–Trinajstić information content (AvgIpc) is 2.96. The fourth-order valence-electron chi connectivity index (χ4n) is 3.71. The van der Waals surface area contributed by atoms with Crippen molar-refractivity contribution >= 4 is 5.91 Å². The molecule has 0 aliphatic carbocycles. The van der Waals surface area contributed by atoms with Gasteiger partial charge in [-0.15, -0.1) is 0 Å². The Morgan fingerprint density at radius 3 is 2.40 bits per heavy atom. The summed E-state index contributed by atoms with van der Waals surface area (Å²) < 4.78 is 5.84. The minimum atomic E-state index is -0.0332. The summed E-state index contributed by atoms with van der Waals surface area (Å²) in [6.07, 6.45) is 0. The Morgan fingerprint density at radius 2 is 1.76 bits per heavy atom. The molecule has 0 unspecified atom stereocenters. The van der Waals surface area contributed by atoms with Gasteiger partial charge < -0.3 is 15.4 Å². The zero-order valence-corrected chi connectivity index (χ0v) is 15.2. The maximum absolute atomic E-state index is 12.6. The predicted octanol–water partition coefficient (Wildman–Crippen LogP) is 2.94. The van der Waals surface area contributed by atoms with Gasteiger partial charge in [0.2, 0.25) is 0 Å². The molecule has 4 heteroatoms. The topological polar surface area (TPSA) is 55.6 Å². The van der Waals surface area contributed by atoms with Crippen LogP contribution < -0.4 is 10.5 Å². The fourth-order valence-corrected chi connectivity index (χ4v) is 3.71. The van der Waals surface area contributed by atoms with E-state index in [-0.39, 0.29) is 24.5 Å². The van der Waals surface area contributed by atoms with E-state index >= 15 is 0 Å². The van der Waals surface area contributed by atoms with Crippen molar-refractivity contribution in [3.63, 3.8) is 0 Å². The second-order valence-electron chi connectivity index (χ2n) is 7.00. The van der Waals surface area contributed by atoms with Gasteiger partial charge in [0.05, 0.1) is 0 Å². The van der Waals surface area contributed by atoms with Crippen molar-refractivity contribution in [3.05, 3.63) is 64.7 Å². The molecule has 1 fully saturated rings. The number of amides is 1. The number of hydrogen-bond acceptors (Lipinski definition) is 3. The first-order chi connectivity index (χ1) is 12.0. The van der Waals surface area contributed by atoms with Gasteiger partial charge in [0.25, 0.3) is 5.91 Å². The Labute approximate surface area is 149 Å². The molecular weight excluding hydrogens is 312 g/mol. The molecule has 2 atom stereocenters. The zero-order valence-electron chi connectivity index (χ0n) is 15.2. The van der Waals surface area contributed by atoms with Crippen molar-refractivity contribution in [3.8, 4) is 5.75 Å². The van der Waals surface area contributed by atoms with E-state index < -0.39 is 0 Å². The van der Waals surface area contributed by atoms with Gasteiger partial charge in [-0.2, -0.15) is 0 Å². The number of benzene rings is 2. The second-order valence-corrected chi connectivity index (χ2v) is 7.00. The van der Waals surface area contributed by atoms with Gasteiger partial charge in [-0.05, 0) is 37.5 Å². The van der Waals surface area contributed by atoms with Crippen molar-refractivity contribution in [2.75, 3.05) is 19.7 Å². The van der Waals surface area contributed by atoms with E-state index in [9.17, 15) is 4.79 Å². The molecule has 0 radical (unpaired) electrons. The molecule has 4 nitrogen and oxygen atoms in total. The van der Waals surface area contributed by atoms with Crippen LogP contribution in [0.5, 0.6) is 5.75 Å². The molecule has 1 amide bonds. The van der Waals surface area contributed by atoms with Crippen LogP contribution in [0.3, 0.4) is 0 Å². The maximum atomic E-state index is 12.6. The summed E-state index contributed by atoms with van der Waals surface area (Å²) in [7, 11) is 0. The molecule has 1 aliphatic rings. The van der Waals surface area contributed by atoms with Crippen molar-refractivity contribution in [2.45, 2.75) is 32.7 Å². The Balaban J connectivity index is 1.63. The molecule has 0 aromatic heterocycles. The molecule has 2 aromatic carbocycles. The number of hydrogen-bond donors (Lipinski definition) is 1. The third-order valence-electron chi connectivity index (χ3n) is 4.89. The van der Waals surface area contributed by atoms with E-state index in [0.29, 0.717) is 13.1 Å². The van der Waals surface area contributed by atoms with Crippen LogP contribution in [0, 0.1) is 20.8 Å². The number of rotatable bonds is 4.